The van der Waals surface area contributed by atoms with Crippen molar-refractivity contribution >= 4 is 35.8 Å². The zero-order valence-electron chi connectivity index (χ0n) is 16.3. The largest absolute Gasteiger partial charge is 0.406 e. The number of hydrogen-bond donors (Lipinski definition) is 2. The van der Waals surface area contributed by atoms with Gasteiger partial charge in [-0.15, -0.1) is 24.0 Å². The molecule has 0 bridgehead atoms. The Kier molecular flexibility index (Phi) is 13.0. The monoisotopic (exact) mass is 508 g/mol. The molecule has 0 aromatic rings. The fraction of sp³-hybridized carbons (Fsp3) is 0.882. The van der Waals surface area contributed by atoms with E-state index in [9.17, 15) is 18.0 Å². The Bertz CT molecular complexity index is 458. The van der Waals surface area contributed by atoms with E-state index in [0.717, 1.165) is 13.5 Å². The molecule has 0 radical (unpaired) electrons. The normalized spacial score (nSPS) is 16.6. The van der Waals surface area contributed by atoms with Crippen LogP contribution in [0.15, 0.2) is 4.99 Å². The first-order valence-electron chi connectivity index (χ1n) is 9.13. The lowest BCUT2D eigenvalue weighted by atomic mass is 9.98. The van der Waals surface area contributed by atoms with Gasteiger partial charge in [-0.2, -0.15) is 13.2 Å². The van der Waals surface area contributed by atoms with Crippen LogP contribution < -0.4 is 10.6 Å². The predicted molar refractivity (Wildman–Crippen MR) is 110 cm³/mol. The molecule has 0 heterocycles. The van der Waals surface area contributed by atoms with Crippen LogP contribution in [0.25, 0.3) is 0 Å². The maximum atomic E-state index is 12.3. The molecular weight excluding hydrogens is 476 g/mol. The molecule has 27 heavy (non-hydrogen) atoms. The summed E-state index contributed by atoms with van der Waals surface area (Å²) in [7, 11) is 2.68. The molecule has 2 N–H and O–H groups in total. The van der Waals surface area contributed by atoms with E-state index >= 15 is 0 Å². The quantitative estimate of drug-likeness (QED) is 0.286. The first-order chi connectivity index (χ1) is 12.3. The van der Waals surface area contributed by atoms with E-state index in [0.29, 0.717) is 29.9 Å². The number of ether oxygens (including phenoxy) is 1. The third-order valence-corrected chi connectivity index (χ3v) is 4.50. The van der Waals surface area contributed by atoms with Crippen LogP contribution in [-0.4, -0.2) is 69.4 Å². The summed E-state index contributed by atoms with van der Waals surface area (Å²) < 4.78 is 42.8. The fourth-order valence-electron chi connectivity index (χ4n) is 3.20. The maximum absolute atomic E-state index is 12.3. The van der Waals surface area contributed by atoms with Gasteiger partial charge in [-0.05, 0) is 32.1 Å². The van der Waals surface area contributed by atoms with Crippen molar-refractivity contribution in [3.63, 3.8) is 0 Å². The van der Waals surface area contributed by atoms with Gasteiger partial charge in [-0.1, -0.05) is 12.8 Å². The number of halogens is 4. The summed E-state index contributed by atoms with van der Waals surface area (Å²) in [5.74, 6) is 0.327. The molecule has 1 aliphatic carbocycles. The van der Waals surface area contributed by atoms with Crippen LogP contribution in [0.2, 0.25) is 0 Å². The highest BCUT2D eigenvalue weighted by Gasteiger charge is 2.31. The zero-order valence-corrected chi connectivity index (χ0v) is 18.6. The maximum Gasteiger partial charge on any atom is 0.406 e. The minimum Gasteiger partial charge on any atom is -0.378 e. The van der Waals surface area contributed by atoms with Crippen LogP contribution in [0, 0.1) is 5.92 Å². The fourth-order valence-corrected chi connectivity index (χ4v) is 3.20. The number of nitrogens with one attached hydrogen (secondary N) is 2. The average Bonchev–Trinajstić information content (AvgIpc) is 3.09. The topological polar surface area (TPSA) is 66.0 Å². The molecule has 1 unspecified atom stereocenters. The van der Waals surface area contributed by atoms with Crippen LogP contribution in [0.5, 0.6) is 0 Å². The minimum atomic E-state index is -4.40. The molecule has 1 aliphatic rings. The van der Waals surface area contributed by atoms with E-state index in [-0.39, 0.29) is 36.6 Å². The van der Waals surface area contributed by atoms with Gasteiger partial charge in [0.25, 0.3) is 0 Å². The Hall–Kier alpha value is -0.780. The summed E-state index contributed by atoms with van der Waals surface area (Å²) in [5.41, 5.74) is 0. The highest BCUT2D eigenvalue weighted by atomic mass is 127. The Balaban J connectivity index is 0.00000676. The van der Waals surface area contributed by atoms with E-state index in [2.05, 4.69) is 15.6 Å². The van der Waals surface area contributed by atoms with Crippen molar-refractivity contribution in [2.45, 2.75) is 51.3 Å². The van der Waals surface area contributed by atoms with Gasteiger partial charge in [0.05, 0.1) is 12.6 Å². The summed E-state index contributed by atoms with van der Waals surface area (Å²) in [5, 5.41) is 5.84. The lowest BCUT2D eigenvalue weighted by molar-refractivity contribution is -0.157. The van der Waals surface area contributed by atoms with Crippen molar-refractivity contribution in [2.24, 2.45) is 10.9 Å². The van der Waals surface area contributed by atoms with Crippen LogP contribution in [0.3, 0.4) is 0 Å². The van der Waals surface area contributed by atoms with Crippen molar-refractivity contribution in [3.05, 3.63) is 0 Å². The number of guanidine groups is 1. The van der Waals surface area contributed by atoms with Gasteiger partial charge in [-0.3, -0.25) is 9.79 Å². The van der Waals surface area contributed by atoms with E-state index in [1.807, 2.05) is 6.92 Å². The second-order valence-corrected chi connectivity index (χ2v) is 6.54. The Morgan fingerprint density at radius 2 is 1.93 bits per heavy atom. The molecule has 0 aliphatic heterocycles. The van der Waals surface area contributed by atoms with Gasteiger partial charge >= 0.3 is 6.18 Å². The zero-order chi connectivity index (χ0) is 19.6. The highest BCUT2D eigenvalue weighted by Crippen LogP contribution is 2.30. The molecule has 0 spiro atoms. The van der Waals surface area contributed by atoms with Crippen molar-refractivity contribution in [2.75, 3.05) is 40.3 Å². The molecule has 0 aromatic heterocycles. The molecule has 1 fully saturated rings. The average molecular weight is 508 g/mol. The number of likely N-dealkylation sites (N-methyl/N-ethyl adjacent to an activating group) is 1. The summed E-state index contributed by atoms with van der Waals surface area (Å²) in [6.45, 7) is 1.77. The van der Waals surface area contributed by atoms with Crippen LogP contribution >= 0.6 is 24.0 Å². The minimum absolute atomic E-state index is 0. The Morgan fingerprint density at radius 3 is 2.44 bits per heavy atom. The number of alkyl halides is 3. The number of carbonyl (C=O) groups is 1. The van der Waals surface area contributed by atoms with Crippen molar-refractivity contribution in [1.29, 1.82) is 0 Å². The van der Waals surface area contributed by atoms with Gasteiger partial charge in [0.15, 0.2) is 5.96 Å². The molecule has 0 aromatic carbocycles. The van der Waals surface area contributed by atoms with Crippen LogP contribution in [0.1, 0.15) is 39.0 Å². The number of aliphatic imine (C=N–C) groups is 1. The summed E-state index contributed by atoms with van der Waals surface area (Å²) >= 11 is 0. The van der Waals surface area contributed by atoms with E-state index in [4.69, 9.17) is 4.74 Å². The highest BCUT2D eigenvalue weighted by molar-refractivity contribution is 14.0. The second kappa shape index (κ2) is 13.4. The van der Waals surface area contributed by atoms with E-state index in [1.54, 1.807) is 7.05 Å². The van der Waals surface area contributed by atoms with Gasteiger partial charge in [0.1, 0.15) is 6.54 Å². The number of rotatable bonds is 9. The molecular formula is C17H32F3IN4O2. The van der Waals surface area contributed by atoms with E-state index in [1.165, 1.54) is 25.7 Å². The van der Waals surface area contributed by atoms with Gasteiger partial charge in [-0.25, -0.2) is 0 Å². The first-order valence-corrected chi connectivity index (χ1v) is 9.13. The smallest absolute Gasteiger partial charge is 0.378 e. The summed E-state index contributed by atoms with van der Waals surface area (Å²) in [6, 6.07) is 0. The molecule has 1 rings (SSSR count). The molecule has 1 saturated carbocycles. The lowest BCUT2D eigenvalue weighted by Crippen LogP contribution is -2.46. The molecule has 1 amide bonds. The molecule has 6 nitrogen and oxygen atoms in total. The van der Waals surface area contributed by atoms with E-state index < -0.39 is 18.6 Å². The summed E-state index contributed by atoms with van der Waals surface area (Å²) in [6.07, 6.45) is 1.50. The molecule has 160 valence electrons. The summed E-state index contributed by atoms with van der Waals surface area (Å²) in [4.78, 5) is 16.4. The number of hydrogen-bond acceptors (Lipinski definition) is 3. The van der Waals surface area contributed by atoms with Gasteiger partial charge in [0, 0.05) is 27.2 Å². The molecule has 1 atom stereocenters. The molecule has 0 saturated heterocycles. The van der Waals surface area contributed by atoms with Crippen molar-refractivity contribution in [1.82, 2.24) is 15.5 Å². The van der Waals surface area contributed by atoms with Gasteiger partial charge in [0.2, 0.25) is 5.91 Å². The molecule has 10 heteroatoms. The van der Waals surface area contributed by atoms with Gasteiger partial charge < -0.3 is 20.3 Å². The SMILES string of the molecule is CCOC(CCNC(=NC)NCC(=O)N(C)CC(F)(F)F)C1CCCC1.I. The first kappa shape index (κ1) is 26.2. The number of nitrogens with zero attached hydrogens (tertiary/aromatic N) is 2. The predicted octanol–water partition coefficient (Wildman–Crippen LogP) is 2.78. The van der Waals surface area contributed by atoms with Crippen LogP contribution in [0.4, 0.5) is 13.2 Å². The van der Waals surface area contributed by atoms with Crippen molar-refractivity contribution in [3.8, 4) is 0 Å². The third kappa shape index (κ3) is 11.0. The standard InChI is InChI=1S/C17H31F3N4O2.HI/c1-4-26-14(13-7-5-6-8-13)9-10-22-16(21-2)23-11-15(25)24(3)12-17(18,19)20;/h13-14H,4-12H2,1-3H3,(H2,21,22,23);1H. The Labute approximate surface area is 176 Å². The lowest BCUT2D eigenvalue weighted by Gasteiger charge is -2.24. The number of amides is 1. The second-order valence-electron chi connectivity index (χ2n) is 6.54. The number of carbonyl (C=O) groups excluding carboxylic acids is 1. The van der Waals surface area contributed by atoms with Crippen molar-refractivity contribution < 1.29 is 22.7 Å². The Morgan fingerprint density at radius 1 is 1.30 bits per heavy atom. The van der Waals surface area contributed by atoms with Crippen LogP contribution in [-0.2, 0) is 9.53 Å². The third-order valence-electron chi connectivity index (χ3n) is 4.50.